The van der Waals surface area contributed by atoms with Crippen LogP contribution in [0.1, 0.15) is 5.56 Å². The molecule has 8 heteroatoms. The van der Waals surface area contributed by atoms with Crippen LogP contribution in [0.5, 0.6) is 0 Å². The summed E-state index contributed by atoms with van der Waals surface area (Å²) in [6.07, 6.45) is -8.22. The van der Waals surface area contributed by atoms with E-state index in [9.17, 15) is 30.3 Å². The van der Waals surface area contributed by atoms with Crippen LogP contribution >= 0.6 is 0 Å². The van der Waals surface area contributed by atoms with E-state index in [4.69, 9.17) is 0 Å². The SMILES string of the molecule is O=C(NCc1ccccc1)NC1[C@@H](O)[C@H](O)C(O)[C@H](O)[C@H]1O. The number of benzene rings is 1. The fraction of sp³-hybridized carbons (Fsp3) is 0.500. The molecule has 0 radical (unpaired) electrons. The lowest BCUT2D eigenvalue weighted by atomic mass is 9.83. The van der Waals surface area contributed by atoms with Gasteiger partial charge in [0, 0.05) is 6.54 Å². The first-order valence-electron chi connectivity index (χ1n) is 6.90. The highest BCUT2D eigenvalue weighted by Gasteiger charge is 2.48. The van der Waals surface area contributed by atoms with Gasteiger partial charge in [-0.25, -0.2) is 4.79 Å². The third-order valence-corrected chi connectivity index (χ3v) is 3.73. The second kappa shape index (κ2) is 7.03. The summed E-state index contributed by atoms with van der Waals surface area (Å²) in [6.45, 7) is 0.235. The van der Waals surface area contributed by atoms with Crippen molar-refractivity contribution in [1.29, 1.82) is 0 Å². The van der Waals surface area contributed by atoms with Crippen LogP contribution < -0.4 is 10.6 Å². The number of amides is 2. The molecule has 1 saturated carbocycles. The molecule has 2 amide bonds. The number of carbonyl (C=O) groups excluding carboxylic acids is 1. The number of nitrogens with one attached hydrogen (secondary N) is 2. The van der Waals surface area contributed by atoms with E-state index in [0.29, 0.717) is 0 Å². The van der Waals surface area contributed by atoms with Gasteiger partial charge in [-0.05, 0) is 5.56 Å². The molecule has 1 aliphatic carbocycles. The maximum atomic E-state index is 11.8. The van der Waals surface area contributed by atoms with E-state index in [-0.39, 0.29) is 6.54 Å². The molecular formula is C14H20N2O6. The van der Waals surface area contributed by atoms with Crippen molar-refractivity contribution in [3.05, 3.63) is 35.9 Å². The van der Waals surface area contributed by atoms with Crippen LogP contribution in [-0.2, 0) is 6.54 Å². The number of hydrogen-bond donors (Lipinski definition) is 7. The van der Waals surface area contributed by atoms with Crippen molar-refractivity contribution >= 4 is 6.03 Å². The van der Waals surface area contributed by atoms with Crippen LogP contribution in [0.2, 0.25) is 0 Å². The van der Waals surface area contributed by atoms with Crippen LogP contribution in [0, 0.1) is 0 Å². The minimum absolute atomic E-state index is 0.235. The van der Waals surface area contributed by atoms with Crippen molar-refractivity contribution in [3.8, 4) is 0 Å². The molecule has 0 saturated heterocycles. The van der Waals surface area contributed by atoms with Gasteiger partial charge in [0.15, 0.2) is 0 Å². The van der Waals surface area contributed by atoms with Crippen LogP contribution in [0.3, 0.4) is 0 Å². The molecule has 8 nitrogen and oxygen atoms in total. The van der Waals surface area contributed by atoms with E-state index in [1.807, 2.05) is 30.3 Å². The predicted octanol–water partition coefficient (Wildman–Crippen LogP) is -2.33. The smallest absolute Gasteiger partial charge is 0.315 e. The number of urea groups is 1. The van der Waals surface area contributed by atoms with E-state index in [0.717, 1.165) is 5.56 Å². The minimum atomic E-state index is -1.68. The van der Waals surface area contributed by atoms with Crippen LogP contribution in [-0.4, -0.2) is 68.1 Å². The van der Waals surface area contributed by atoms with Gasteiger partial charge < -0.3 is 36.2 Å². The Morgan fingerprint density at radius 1 is 0.864 bits per heavy atom. The Kier molecular flexibility index (Phi) is 5.33. The maximum Gasteiger partial charge on any atom is 0.315 e. The van der Waals surface area contributed by atoms with Crippen molar-refractivity contribution in [2.75, 3.05) is 0 Å². The molecule has 0 bridgehead atoms. The Bertz CT molecular complexity index is 483. The Hall–Kier alpha value is -1.71. The molecule has 0 spiro atoms. The number of carbonyl (C=O) groups is 1. The average molecular weight is 312 g/mol. The monoisotopic (exact) mass is 312 g/mol. The van der Waals surface area contributed by atoms with Gasteiger partial charge in [-0.1, -0.05) is 30.3 Å². The molecule has 1 aliphatic rings. The van der Waals surface area contributed by atoms with E-state index < -0.39 is 42.6 Å². The summed E-state index contributed by atoms with van der Waals surface area (Å²) < 4.78 is 0. The Balaban J connectivity index is 1.92. The van der Waals surface area contributed by atoms with E-state index in [1.165, 1.54) is 0 Å². The van der Waals surface area contributed by atoms with Gasteiger partial charge in [-0.2, -0.15) is 0 Å². The van der Waals surface area contributed by atoms with E-state index >= 15 is 0 Å². The van der Waals surface area contributed by atoms with Gasteiger partial charge in [0.05, 0.1) is 6.04 Å². The van der Waals surface area contributed by atoms with Gasteiger partial charge >= 0.3 is 6.03 Å². The quantitative estimate of drug-likeness (QED) is 0.334. The number of aliphatic hydroxyl groups excluding tert-OH is 5. The van der Waals surface area contributed by atoms with Gasteiger partial charge in [0.2, 0.25) is 0 Å². The Labute approximate surface area is 127 Å². The zero-order valence-electron chi connectivity index (χ0n) is 11.7. The summed E-state index contributed by atoms with van der Waals surface area (Å²) >= 11 is 0. The third-order valence-electron chi connectivity index (χ3n) is 3.73. The summed E-state index contributed by atoms with van der Waals surface area (Å²) in [4.78, 5) is 11.8. The molecular weight excluding hydrogens is 292 g/mol. The molecule has 6 atom stereocenters. The number of aliphatic hydroxyl groups is 5. The summed E-state index contributed by atoms with van der Waals surface area (Å²) in [7, 11) is 0. The molecule has 0 heterocycles. The first-order chi connectivity index (χ1) is 10.4. The lowest BCUT2D eigenvalue weighted by molar-refractivity contribution is -0.188. The number of hydrogen-bond acceptors (Lipinski definition) is 6. The van der Waals surface area contributed by atoms with Crippen LogP contribution in [0.25, 0.3) is 0 Å². The molecule has 122 valence electrons. The van der Waals surface area contributed by atoms with Crippen molar-refractivity contribution in [2.24, 2.45) is 0 Å². The first-order valence-corrected chi connectivity index (χ1v) is 6.90. The fourth-order valence-electron chi connectivity index (χ4n) is 2.38. The van der Waals surface area contributed by atoms with E-state index in [2.05, 4.69) is 10.6 Å². The summed E-state index contributed by atoms with van der Waals surface area (Å²) in [5.74, 6) is 0. The first kappa shape index (κ1) is 16.7. The van der Waals surface area contributed by atoms with Crippen molar-refractivity contribution in [3.63, 3.8) is 0 Å². The van der Waals surface area contributed by atoms with Gasteiger partial charge in [-0.3, -0.25) is 0 Å². The highest BCUT2D eigenvalue weighted by atomic mass is 16.4. The van der Waals surface area contributed by atoms with Crippen molar-refractivity contribution in [2.45, 2.75) is 43.1 Å². The Morgan fingerprint density at radius 3 is 1.91 bits per heavy atom. The highest BCUT2D eigenvalue weighted by Crippen LogP contribution is 2.21. The van der Waals surface area contributed by atoms with E-state index in [1.54, 1.807) is 0 Å². The van der Waals surface area contributed by atoms with Gasteiger partial charge in [0.25, 0.3) is 0 Å². The zero-order chi connectivity index (χ0) is 16.3. The molecule has 2 rings (SSSR count). The molecule has 7 N–H and O–H groups in total. The molecule has 2 unspecified atom stereocenters. The second-order valence-electron chi connectivity index (χ2n) is 5.29. The predicted molar refractivity (Wildman–Crippen MR) is 75.6 cm³/mol. The zero-order valence-corrected chi connectivity index (χ0v) is 11.7. The topological polar surface area (TPSA) is 142 Å². The molecule has 1 aromatic carbocycles. The van der Waals surface area contributed by atoms with Crippen molar-refractivity contribution in [1.82, 2.24) is 10.6 Å². The lowest BCUT2D eigenvalue weighted by Gasteiger charge is -2.41. The fourth-order valence-corrected chi connectivity index (χ4v) is 2.38. The second-order valence-corrected chi connectivity index (χ2v) is 5.29. The standard InChI is InChI=1S/C14H20N2O6/c17-9-8(10(18)12(20)13(21)11(9)19)16-14(22)15-6-7-4-2-1-3-5-7/h1-5,8-13,17-21H,6H2,(H2,15,16,22)/t8?,9-,10+,11+,12-,13?. The highest BCUT2D eigenvalue weighted by molar-refractivity contribution is 5.74. The van der Waals surface area contributed by atoms with Gasteiger partial charge in [-0.15, -0.1) is 0 Å². The van der Waals surface area contributed by atoms with Gasteiger partial charge in [0.1, 0.15) is 30.5 Å². The maximum absolute atomic E-state index is 11.8. The molecule has 0 aromatic heterocycles. The van der Waals surface area contributed by atoms with Crippen molar-refractivity contribution < 1.29 is 30.3 Å². The molecule has 1 fully saturated rings. The molecule has 1 aromatic rings. The van der Waals surface area contributed by atoms with Crippen LogP contribution in [0.4, 0.5) is 4.79 Å². The lowest BCUT2D eigenvalue weighted by Crippen LogP contribution is -2.68. The largest absolute Gasteiger partial charge is 0.388 e. The third kappa shape index (κ3) is 3.54. The van der Waals surface area contributed by atoms with Crippen LogP contribution in [0.15, 0.2) is 30.3 Å². The summed E-state index contributed by atoms with van der Waals surface area (Å²) in [6, 6.07) is 7.12. The Morgan fingerprint density at radius 2 is 1.36 bits per heavy atom. The molecule has 0 aliphatic heterocycles. The summed E-state index contributed by atoms with van der Waals surface area (Å²) in [5.41, 5.74) is 0.859. The molecule has 22 heavy (non-hydrogen) atoms. The normalized spacial score (nSPS) is 35.0. The number of rotatable bonds is 3. The summed E-state index contributed by atoms with van der Waals surface area (Å²) in [5, 5.41) is 53.0. The minimum Gasteiger partial charge on any atom is -0.388 e. The average Bonchev–Trinajstić information content (AvgIpc) is 2.54.